The van der Waals surface area contributed by atoms with Crippen LogP contribution in [0.5, 0.6) is 0 Å². The summed E-state index contributed by atoms with van der Waals surface area (Å²) in [5, 5.41) is 3.02. The zero-order valence-electron chi connectivity index (χ0n) is 40.2. The van der Waals surface area contributed by atoms with Crippen LogP contribution in [0.1, 0.15) is 113 Å². The van der Waals surface area contributed by atoms with Gasteiger partial charge in [0.25, 0.3) is 0 Å². The molecule has 69 heavy (non-hydrogen) atoms. The molecule has 0 atom stereocenters. The van der Waals surface area contributed by atoms with Crippen molar-refractivity contribution in [3.05, 3.63) is 168 Å². The smallest absolute Gasteiger partial charge is 0.333 e. The van der Waals surface area contributed by atoms with Gasteiger partial charge in [0.2, 0.25) is 0 Å². The van der Waals surface area contributed by atoms with E-state index in [9.17, 15) is 0 Å². The molecule has 0 radical (unpaired) electrons. The summed E-state index contributed by atoms with van der Waals surface area (Å²) in [6, 6.07) is 57.7. The van der Waals surface area contributed by atoms with Gasteiger partial charge in [-0.2, -0.15) is 0 Å². The van der Waals surface area contributed by atoms with E-state index in [0.29, 0.717) is 5.41 Å². The molecule has 0 N–H and O–H groups in total. The average molecular weight is 894 g/mol. The van der Waals surface area contributed by atoms with Gasteiger partial charge in [-0.3, -0.25) is 0 Å². The molecule has 7 aromatic carbocycles. The molecular weight excluding hydrogens is 834 g/mol. The van der Waals surface area contributed by atoms with Gasteiger partial charge < -0.3 is 14.3 Å². The van der Waals surface area contributed by atoms with Crippen molar-refractivity contribution in [1.82, 2.24) is 4.48 Å². The molecule has 8 aromatic rings. The van der Waals surface area contributed by atoms with Gasteiger partial charge in [-0.25, -0.2) is 0 Å². The van der Waals surface area contributed by atoms with E-state index in [1.165, 1.54) is 166 Å². The Kier molecular flexibility index (Phi) is 7.45. The minimum absolute atomic E-state index is 0.0292. The summed E-state index contributed by atoms with van der Waals surface area (Å²) in [6.07, 6.45) is 17.1. The Bertz CT molecular complexity index is 3410. The van der Waals surface area contributed by atoms with Crippen LogP contribution in [0.25, 0.3) is 32.9 Å². The van der Waals surface area contributed by atoms with Crippen molar-refractivity contribution in [1.29, 1.82) is 0 Å². The quantitative estimate of drug-likeness (QED) is 0.160. The predicted molar refractivity (Wildman–Crippen MR) is 286 cm³/mol. The fraction of sp³-hybridized carbons (Fsp3) is 0.354. The van der Waals surface area contributed by atoms with Gasteiger partial charge >= 0.3 is 6.85 Å². The second-order valence-electron chi connectivity index (χ2n) is 25.0. The molecule has 3 nitrogen and oxygen atoms in total. The van der Waals surface area contributed by atoms with Crippen LogP contribution in [0.4, 0.5) is 34.1 Å². The number of hydrogen-bond donors (Lipinski definition) is 0. The van der Waals surface area contributed by atoms with E-state index in [-0.39, 0.29) is 17.7 Å². The molecule has 0 spiro atoms. The molecule has 8 aliphatic carbocycles. The van der Waals surface area contributed by atoms with E-state index in [0.717, 1.165) is 35.5 Å². The van der Waals surface area contributed by atoms with Crippen molar-refractivity contribution in [2.24, 2.45) is 35.5 Å². The van der Waals surface area contributed by atoms with Gasteiger partial charge in [-0.15, -0.1) is 0 Å². The van der Waals surface area contributed by atoms with E-state index < -0.39 is 0 Å². The van der Waals surface area contributed by atoms with Crippen LogP contribution in [-0.4, -0.2) is 11.3 Å². The van der Waals surface area contributed by atoms with Crippen LogP contribution >= 0.6 is 0 Å². The molecule has 0 unspecified atom stereocenters. The van der Waals surface area contributed by atoms with Crippen molar-refractivity contribution in [2.45, 2.75) is 107 Å². The number of aromatic nitrogens is 1. The molecule has 0 saturated heterocycles. The van der Waals surface area contributed by atoms with Crippen LogP contribution in [0.2, 0.25) is 0 Å². The molecule has 8 saturated carbocycles. The summed E-state index contributed by atoms with van der Waals surface area (Å²) in [6.45, 7) is 4.95. The maximum atomic E-state index is 2.88. The first-order valence-corrected chi connectivity index (χ1v) is 27.0. The molecule has 338 valence electrons. The molecule has 11 aliphatic rings. The number of nitrogens with zero attached hydrogens (tertiary/aromatic N) is 3. The average Bonchev–Trinajstić information content (AvgIpc) is 3.68. The Morgan fingerprint density at radius 1 is 0.478 bits per heavy atom. The summed E-state index contributed by atoms with van der Waals surface area (Å²) >= 11 is 0. The standard InChI is InChI=1S/C65H60BN3/c1-63(2)54-16-9-10-19-58(54)68-59-32-49(67(47-12-5-3-6-13-47)48-14-7-4-8-15-48)31-51-53-30-46(65-36-42-25-43(37-65)27-44(26-42)38-65)29-52-50-28-45(64-33-39-22-40(34-64)24-41(23-39)35-64)20-21-57(50)69(61(52)53)66(60(51)59)56-18-11-17-55(63)62(56)68/h3-21,28-32,39-44H,22-27,33-38H2,1-2H3. The Labute approximate surface area is 407 Å². The molecule has 8 fully saturated rings. The largest absolute Gasteiger partial charge is 0.375 e. The minimum atomic E-state index is -0.170. The highest BCUT2D eigenvalue weighted by atomic mass is 15.2. The second-order valence-corrected chi connectivity index (χ2v) is 25.0. The van der Waals surface area contributed by atoms with Crippen molar-refractivity contribution in [3.63, 3.8) is 0 Å². The normalized spacial score (nSPS) is 29.7. The summed E-state index contributed by atoms with van der Waals surface area (Å²) in [5.41, 5.74) is 22.7. The third kappa shape index (κ3) is 5.06. The third-order valence-corrected chi connectivity index (χ3v) is 20.8. The van der Waals surface area contributed by atoms with Gasteiger partial charge in [0.15, 0.2) is 0 Å². The number of para-hydroxylation sites is 4. The molecular formula is C65H60BN3. The van der Waals surface area contributed by atoms with Gasteiger partial charge in [0, 0.05) is 61.2 Å². The van der Waals surface area contributed by atoms with Crippen LogP contribution in [0.15, 0.2) is 146 Å². The van der Waals surface area contributed by atoms with E-state index in [1.807, 2.05) is 0 Å². The van der Waals surface area contributed by atoms with Gasteiger partial charge in [0.1, 0.15) is 0 Å². The van der Waals surface area contributed by atoms with Crippen molar-refractivity contribution in [2.75, 3.05) is 9.80 Å². The van der Waals surface area contributed by atoms with Crippen LogP contribution in [-0.2, 0) is 16.2 Å². The molecule has 4 heteroatoms. The monoisotopic (exact) mass is 893 g/mol. The predicted octanol–water partition coefficient (Wildman–Crippen LogP) is 15.3. The lowest BCUT2D eigenvalue weighted by Gasteiger charge is -2.57. The van der Waals surface area contributed by atoms with Gasteiger partial charge in [-0.1, -0.05) is 92.7 Å². The second kappa shape index (κ2) is 13.2. The van der Waals surface area contributed by atoms with Crippen LogP contribution in [0, 0.1) is 35.5 Å². The summed E-state index contributed by atoms with van der Waals surface area (Å²) < 4.78 is 2.88. The number of anilines is 6. The lowest BCUT2D eigenvalue weighted by molar-refractivity contribution is -0.00527. The molecule has 8 bridgehead atoms. The highest BCUT2D eigenvalue weighted by Crippen LogP contribution is 2.64. The van der Waals surface area contributed by atoms with Crippen molar-refractivity contribution < 1.29 is 0 Å². The first-order valence-electron chi connectivity index (χ1n) is 27.0. The first-order chi connectivity index (χ1) is 33.8. The van der Waals surface area contributed by atoms with Crippen molar-refractivity contribution >= 4 is 73.7 Å². The first kappa shape index (κ1) is 38.8. The summed E-state index contributed by atoms with van der Waals surface area (Å²) in [4.78, 5) is 5.23. The van der Waals surface area contributed by atoms with E-state index in [1.54, 1.807) is 11.1 Å². The fourth-order valence-corrected chi connectivity index (χ4v) is 18.9. The lowest BCUT2D eigenvalue weighted by atomic mass is 9.44. The zero-order chi connectivity index (χ0) is 45.1. The Morgan fingerprint density at radius 2 is 1.04 bits per heavy atom. The molecule has 0 amide bonds. The van der Waals surface area contributed by atoms with E-state index in [2.05, 4.69) is 174 Å². The van der Waals surface area contributed by atoms with E-state index in [4.69, 9.17) is 0 Å². The number of fused-ring (bicyclic) bond motifs is 9. The van der Waals surface area contributed by atoms with Gasteiger partial charge in [-0.05, 0) is 229 Å². The number of benzene rings is 7. The third-order valence-electron chi connectivity index (χ3n) is 20.8. The highest BCUT2D eigenvalue weighted by molar-refractivity contribution is 6.90. The Morgan fingerprint density at radius 3 is 1.68 bits per heavy atom. The maximum absolute atomic E-state index is 2.88. The summed E-state index contributed by atoms with van der Waals surface area (Å²) in [7, 11) is 0. The SMILES string of the molecule is CC1(C)c2ccccc2N2c3cc(N(c4ccccc4)c4ccccc4)cc4c3B(c3cccc1c32)n1c2ccc(C35CC6CC(CC(C6)C3)C5)cc2c2cc(C35CC6CC(CC(C6)C3)C5)cc-4c21. The topological polar surface area (TPSA) is 11.4 Å². The Hall–Kier alpha value is -6.00. The molecule has 3 aliphatic heterocycles. The van der Waals surface area contributed by atoms with Crippen LogP contribution in [0.3, 0.4) is 0 Å². The maximum Gasteiger partial charge on any atom is 0.333 e. The molecule has 4 heterocycles. The molecule has 1 aromatic heterocycles. The van der Waals surface area contributed by atoms with Crippen molar-refractivity contribution in [3.8, 4) is 11.1 Å². The zero-order valence-corrected chi connectivity index (χ0v) is 40.2. The van der Waals surface area contributed by atoms with E-state index >= 15 is 0 Å². The number of rotatable bonds is 5. The highest BCUT2D eigenvalue weighted by Gasteiger charge is 2.55. The molecule has 19 rings (SSSR count). The number of hydrogen-bond acceptors (Lipinski definition) is 2. The van der Waals surface area contributed by atoms with Crippen LogP contribution < -0.4 is 20.7 Å². The minimum Gasteiger partial charge on any atom is -0.375 e. The lowest BCUT2D eigenvalue weighted by Crippen LogP contribution is -2.58. The Balaban J connectivity index is 1.00. The fourth-order valence-electron chi connectivity index (χ4n) is 18.9. The van der Waals surface area contributed by atoms with Gasteiger partial charge in [0.05, 0.1) is 5.69 Å². The summed E-state index contributed by atoms with van der Waals surface area (Å²) in [5.74, 6) is 5.40.